The number of benzene rings is 2. The second-order valence-corrected chi connectivity index (χ2v) is 5.60. The molecule has 0 atom stereocenters. The lowest BCUT2D eigenvalue weighted by molar-refractivity contribution is -0.384. The van der Waals surface area contributed by atoms with Gasteiger partial charge in [-0.15, -0.1) is 0 Å². The lowest BCUT2D eigenvalue weighted by atomic mass is 10.1. The van der Waals surface area contributed by atoms with Gasteiger partial charge >= 0.3 is 5.69 Å². The fourth-order valence-corrected chi connectivity index (χ4v) is 2.67. The van der Waals surface area contributed by atoms with Crippen LogP contribution in [0.5, 0.6) is 0 Å². The number of non-ortho nitro benzene ring substituents is 1. The first-order chi connectivity index (χ1) is 12.0. The summed E-state index contributed by atoms with van der Waals surface area (Å²) in [6.45, 7) is 2.13. The van der Waals surface area contributed by atoms with Crippen LogP contribution in [0.2, 0.25) is 0 Å². The largest absolute Gasteiger partial charge is 0.333 e. The molecule has 0 N–H and O–H groups in total. The standard InChI is InChI=1S/C18H14N4O3/c1-13-11-20(12-15-7-5-14(10-19)6-8-15)18(23)21(13)16-3-2-4-17(9-16)22(24)25/h2-9,11H,12H2,1H3. The summed E-state index contributed by atoms with van der Waals surface area (Å²) in [6, 6.07) is 15.0. The van der Waals surface area contributed by atoms with Crippen LogP contribution in [0.4, 0.5) is 5.69 Å². The predicted octanol–water partition coefficient (Wildman–Crippen LogP) is 2.78. The van der Waals surface area contributed by atoms with Gasteiger partial charge in [0, 0.05) is 24.0 Å². The van der Waals surface area contributed by atoms with E-state index in [2.05, 4.69) is 6.07 Å². The molecule has 0 aliphatic carbocycles. The molecule has 1 aromatic heterocycles. The number of imidazole rings is 1. The zero-order valence-corrected chi connectivity index (χ0v) is 13.4. The Morgan fingerprint density at radius 2 is 1.92 bits per heavy atom. The molecule has 7 nitrogen and oxygen atoms in total. The summed E-state index contributed by atoms with van der Waals surface area (Å²) < 4.78 is 2.98. The molecule has 2 aromatic carbocycles. The summed E-state index contributed by atoms with van der Waals surface area (Å²) in [5.41, 5.74) is 2.24. The molecule has 0 fully saturated rings. The maximum atomic E-state index is 12.7. The van der Waals surface area contributed by atoms with Crippen LogP contribution in [0.15, 0.2) is 59.5 Å². The van der Waals surface area contributed by atoms with Gasteiger partial charge in [0.2, 0.25) is 0 Å². The Hall–Kier alpha value is -3.66. The number of aromatic nitrogens is 2. The third kappa shape index (κ3) is 3.19. The quantitative estimate of drug-likeness (QED) is 0.541. The molecule has 0 bridgehead atoms. The van der Waals surface area contributed by atoms with E-state index in [-0.39, 0.29) is 11.4 Å². The van der Waals surface area contributed by atoms with Gasteiger partial charge in [-0.1, -0.05) is 18.2 Å². The third-order valence-corrected chi connectivity index (χ3v) is 3.87. The van der Waals surface area contributed by atoms with Gasteiger partial charge in [-0.05, 0) is 30.7 Å². The number of nitro groups is 1. The molecule has 3 rings (SSSR count). The van der Waals surface area contributed by atoms with Crippen molar-refractivity contribution in [2.75, 3.05) is 0 Å². The summed E-state index contributed by atoms with van der Waals surface area (Å²) in [4.78, 5) is 23.2. The van der Waals surface area contributed by atoms with E-state index in [0.29, 0.717) is 23.5 Å². The fourth-order valence-electron chi connectivity index (χ4n) is 2.67. The van der Waals surface area contributed by atoms with E-state index >= 15 is 0 Å². The summed E-state index contributed by atoms with van der Waals surface area (Å²) in [5.74, 6) is 0. The van der Waals surface area contributed by atoms with Gasteiger partial charge in [0.1, 0.15) is 0 Å². The van der Waals surface area contributed by atoms with E-state index in [0.717, 1.165) is 5.56 Å². The van der Waals surface area contributed by atoms with Crippen molar-refractivity contribution in [1.82, 2.24) is 9.13 Å². The van der Waals surface area contributed by atoms with Crippen molar-refractivity contribution in [3.8, 4) is 11.8 Å². The van der Waals surface area contributed by atoms with Crippen molar-refractivity contribution >= 4 is 5.69 Å². The van der Waals surface area contributed by atoms with Gasteiger partial charge < -0.3 is 0 Å². The minimum absolute atomic E-state index is 0.0661. The Morgan fingerprint density at radius 3 is 2.56 bits per heavy atom. The number of rotatable bonds is 4. The number of nitrogens with zero attached hydrogens (tertiary/aromatic N) is 4. The van der Waals surface area contributed by atoms with Crippen molar-refractivity contribution in [2.45, 2.75) is 13.5 Å². The van der Waals surface area contributed by atoms with Crippen LogP contribution in [0.25, 0.3) is 5.69 Å². The molecule has 0 unspecified atom stereocenters. The molecule has 0 spiro atoms. The first-order valence-electron chi connectivity index (χ1n) is 7.52. The Kier molecular flexibility index (Phi) is 4.18. The van der Waals surface area contributed by atoms with E-state index < -0.39 is 4.92 Å². The second-order valence-electron chi connectivity index (χ2n) is 5.60. The number of nitriles is 1. The van der Waals surface area contributed by atoms with Gasteiger partial charge in [-0.3, -0.25) is 19.2 Å². The number of nitro benzene ring substituents is 1. The molecule has 25 heavy (non-hydrogen) atoms. The molecule has 0 amide bonds. The molecule has 1 heterocycles. The number of aryl methyl sites for hydroxylation is 1. The highest BCUT2D eigenvalue weighted by atomic mass is 16.6. The Balaban J connectivity index is 1.98. The van der Waals surface area contributed by atoms with Crippen molar-refractivity contribution in [1.29, 1.82) is 5.26 Å². The zero-order valence-electron chi connectivity index (χ0n) is 13.4. The van der Waals surface area contributed by atoms with E-state index in [9.17, 15) is 14.9 Å². The summed E-state index contributed by atoms with van der Waals surface area (Å²) in [6.07, 6.45) is 1.71. The third-order valence-electron chi connectivity index (χ3n) is 3.87. The summed E-state index contributed by atoms with van der Waals surface area (Å²) >= 11 is 0. The van der Waals surface area contributed by atoms with Crippen LogP contribution in [-0.2, 0) is 6.54 Å². The zero-order chi connectivity index (χ0) is 18.0. The highest BCUT2D eigenvalue weighted by molar-refractivity contribution is 5.44. The molecule has 7 heteroatoms. The van der Waals surface area contributed by atoms with Gasteiger partial charge in [-0.25, -0.2) is 4.79 Å². The number of hydrogen-bond donors (Lipinski definition) is 0. The Labute approximate surface area is 143 Å². The van der Waals surface area contributed by atoms with E-state index in [1.54, 1.807) is 49.5 Å². The van der Waals surface area contributed by atoms with Crippen molar-refractivity contribution in [2.24, 2.45) is 0 Å². The maximum Gasteiger partial charge on any atom is 0.333 e. The first-order valence-corrected chi connectivity index (χ1v) is 7.52. The maximum absolute atomic E-state index is 12.7. The first kappa shape index (κ1) is 16.2. The predicted molar refractivity (Wildman–Crippen MR) is 91.7 cm³/mol. The van der Waals surface area contributed by atoms with Gasteiger partial charge in [0.25, 0.3) is 5.69 Å². The normalized spacial score (nSPS) is 10.4. The van der Waals surface area contributed by atoms with E-state index in [1.807, 2.05) is 0 Å². The van der Waals surface area contributed by atoms with E-state index in [1.165, 1.54) is 21.3 Å². The molecule has 124 valence electrons. The fraction of sp³-hybridized carbons (Fsp3) is 0.111. The molecule has 0 aliphatic rings. The molecule has 0 saturated carbocycles. The van der Waals surface area contributed by atoms with Crippen LogP contribution in [0.1, 0.15) is 16.8 Å². The highest BCUT2D eigenvalue weighted by Gasteiger charge is 2.13. The Bertz CT molecular complexity index is 1040. The summed E-state index contributed by atoms with van der Waals surface area (Å²) in [5, 5.41) is 19.8. The molecule has 0 radical (unpaired) electrons. The average molecular weight is 334 g/mol. The lowest BCUT2D eigenvalue weighted by Crippen LogP contribution is -2.24. The number of hydrogen-bond acceptors (Lipinski definition) is 4. The van der Waals surface area contributed by atoms with Crippen LogP contribution >= 0.6 is 0 Å². The average Bonchev–Trinajstić information content (AvgIpc) is 2.89. The van der Waals surface area contributed by atoms with Crippen LogP contribution < -0.4 is 5.69 Å². The minimum atomic E-state index is -0.488. The topological polar surface area (TPSA) is 93.9 Å². The molecular formula is C18H14N4O3. The van der Waals surface area contributed by atoms with Crippen molar-refractivity contribution in [3.05, 3.63) is 92.1 Å². The molecular weight excluding hydrogens is 320 g/mol. The highest BCUT2D eigenvalue weighted by Crippen LogP contribution is 2.17. The molecule has 0 saturated heterocycles. The van der Waals surface area contributed by atoms with Gasteiger partial charge in [-0.2, -0.15) is 5.26 Å². The summed E-state index contributed by atoms with van der Waals surface area (Å²) in [7, 11) is 0. The van der Waals surface area contributed by atoms with Gasteiger partial charge in [0.15, 0.2) is 0 Å². The van der Waals surface area contributed by atoms with Crippen molar-refractivity contribution < 1.29 is 4.92 Å². The molecule has 3 aromatic rings. The van der Waals surface area contributed by atoms with Crippen LogP contribution in [0.3, 0.4) is 0 Å². The smallest absolute Gasteiger partial charge is 0.294 e. The minimum Gasteiger partial charge on any atom is -0.294 e. The van der Waals surface area contributed by atoms with Crippen molar-refractivity contribution in [3.63, 3.8) is 0 Å². The van der Waals surface area contributed by atoms with Crippen LogP contribution in [0, 0.1) is 28.4 Å². The Morgan fingerprint density at radius 1 is 1.20 bits per heavy atom. The second kappa shape index (κ2) is 6.45. The van der Waals surface area contributed by atoms with Crippen LogP contribution in [-0.4, -0.2) is 14.1 Å². The van der Waals surface area contributed by atoms with Gasteiger partial charge in [0.05, 0.1) is 28.8 Å². The molecule has 0 aliphatic heterocycles. The lowest BCUT2D eigenvalue weighted by Gasteiger charge is -2.04. The monoisotopic (exact) mass is 334 g/mol. The van der Waals surface area contributed by atoms with E-state index in [4.69, 9.17) is 5.26 Å². The SMILES string of the molecule is Cc1cn(Cc2ccc(C#N)cc2)c(=O)n1-c1cccc([N+](=O)[O-])c1.